The highest BCUT2D eigenvalue weighted by molar-refractivity contribution is 5.88. The molecule has 3 heterocycles. The number of imidazole rings is 1. The van der Waals surface area contributed by atoms with Crippen molar-refractivity contribution in [3.63, 3.8) is 0 Å². The highest BCUT2D eigenvalue weighted by Gasteiger charge is 2.74. The summed E-state index contributed by atoms with van der Waals surface area (Å²) in [5.74, 6) is 6.22. The molecule has 2 fully saturated rings. The first-order chi connectivity index (χ1) is 14.5. The predicted octanol–water partition coefficient (Wildman–Crippen LogP) is -0.0704. The molecule has 0 bridgehead atoms. The van der Waals surface area contributed by atoms with Crippen LogP contribution in [0.5, 0.6) is 0 Å². The van der Waals surface area contributed by atoms with Crippen molar-refractivity contribution in [1.82, 2.24) is 29.7 Å². The van der Waals surface area contributed by atoms with Gasteiger partial charge in [0.1, 0.15) is 17.6 Å². The summed E-state index contributed by atoms with van der Waals surface area (Å²) in [6.07, 6.45) is 1.46. The van der Waals surface area contributed by atoms with E-state index in [-0.39, 0.29) is 17.5 Å². The highest BCUT2D eigenvalue weighted by atomic mass is 16.3. The lowest BCUT2D eigenvalue weighted by atomic mass is 9.95. The largest absolute Gasteiger partial charge is 0.389 e. The number of fused-ring (bicyclic) bond motifs is 2. The average Bonchev–Trinajstić information content (AvgIpc) is 3.30. The molecular formula is C20H19N7O3. The minimum atomic E-state index is -1.11. The van der Waals surface area contributed by atoms with Crippen molar-refractivity contribution < 1.29 is 15.0 Å². The molecule has 0 spiro atoms. The molecule has 2 unspecified atom stereocenters. The van der Waals surface area contributed by atoms with E-state index in [1.807, 2.05) is 0 Å². The van der Waals surface area contributed by atoms with Crippen molar-refractivity contribution in [1.29, 1.82) is 0 Å². The van der Waals surface area contributed by atoms with Gasteiger partial charge < -0.3 is 20.1 Å². The Morgan fingerprint density at radius 1 is 1.33 bits per heavy atom. The van der Waals surface area contributed by atoms with Crippen molar-refractivity contribution in [3.8, 4) is 11.8 Å². The minimum absolute atomic E-state index is 0.105. The summed E-state index contributed by atoms with van der Waals surface area (Å²) >= 11 is 0. The van der Waals surface area contributed by atoms with Gasteiger partial charge in [0, 0.05) is 13.2 Å². The second-order valence-corrected chi connectivity index (χ2v) is 7.66. The summed E-state index contributed by atoms with van der Waals surface area (Å²) in [4.78, 5) is 25.5. The van der Waals surface area contributed by atoms with Crippen LogP contribution in [0.15, 0.2) is 24.7 Å². The Bertz CT molecular complexity index is 1220. The van der Waals surface area contributed by atoms with Crippen LogP contribution in [0.3, 0.4) is 0 Å². The van der Waals surface area contributed by atoms with Crippen LogP contribution >= 0.6 is 0 Å². The van der Waals surface area contributed by atoms with Crippen molar-refractivity contribution >= 4 is 22.8 Å². The number of carbonyl (C=O) groups is 1. The maximum atomic E-state index is 12.2. The molecule has 30 heavy (non-hydrogen) atoms. The Hall–Kier alpha value is -3.42. The van der Waals surface area contributed by atoms with Gasteiger partial charge in [-0.15, -0.1) is 5.10 Å². The Balaban J connectivity index is 1.60. The van der Waals surface area contributed by atoms with Crippen LogP contribution in [-0.4, -0.2) is 65.0 Å². The van der Waals surface area contributed by atoms with Gasteiger partial charge in [-0.1, -0.05) is 0 Å². The van der Waals surface area contributed by atoms with Crippen LogP contribution < -0.4 is 5.32 Å². The number of hydrogen-bond acceptors (Lipinski definition) is 9. The van der Waals surface area contributed by atoms with Crippen molar-refractivity contribution in [2.24, 2.45) is 11.3 Å². The number of nitrogens with zero attached hydrogens (tertiary/aromatic N) is 6. The summed E-state index contributed by atoms with van der Waals surface area (Å²) in [6.45, 7) is 1.46. The molecule has 5 rings (SSSR count). The predicted molar refractivity (Wildman–Crippen MR) is 105 cm³/mol. The summed E-state index contributed by atoms with van der Waals surface area (Å²) in [5, 5.41) is 32.0. The molecule has 3 N–H and O–H groups in total. The summed E-state index contributed by atoms with van der Waals surface area (Å²) < 4.78 is 1.72. The number of ketones is 1. The van der Waals surface area contributed by atoms with E-state index in [0.717, 1.165) is 0 Å². The van der Waals surface area contributed by atoms with E-state index in [0.29, 0.717) is 29.1 Å². The van der Waals surface area contributed by atoms with Gasteiger partial charge >= 0.3 is 0 Å². The zero-order chi connectivity index (χ0) is 21.0. The van der Waals surface area contributed by atoms with Gasteiger partial charge in [0.05, 0.1) is 23.9 Å². The van der Waals surface area contributed by atoms with E-state index >= 15 is 0 Å². The Morgan fingerprint density at radius 2 is 2.17 bits per heavy atom. The lowest BCUT2D eigenvalue weighted by Gasteiger charge is -2.23. The van der Waals surface area contributed by atoms with Crippen molar-refractivity contribution in [2.45, 2.75) is 31.6 Å². The second kappa shape index (κ2) is 6.55. The van der Waals surface area contributed by atoms with E-state index in [1.54, 1.807) is 36.3 Å². The number of nitrogens with one attached hydrogen (secondary N) is 1. The third-order valence-electron chi connectivity index (χ3n) is 6.18. The van der Waals surface area contributed by atoms with Gasteiger partial charge in [-0.2, -0.15) is 5.10 Å². The van der Waals surface area contributed by atoms with Gasteiger partial charge in [0.2, 0.25) is 5.82 Å². The number of rotatable bonds is 3. The molecule has 0 radical (unpaired) electrons. The molecular weight excluding hydrogens is 386 g/mol. The molecule has 0 aliphatic heterocycles. The number of aliphatic hydroxyl groups is 2. The zero-order valence-corrected chi connectivity index (χ0v) is 16.3. The Morgan fingerprint density at radius 3 is 2.83 bits per heavy atom. The highest BCUT2D eigenvalue weighted by Crippen LogP contribution is 2.68. The minimum Gasteiger partial charge on any atom is -0.389 e. The number of carbonyl (C=O) groups excluding carboxylic acids is 1. The zero-order valence-electron chi connectivity index (χ0n) is 16.3. The normalized spacial score (nSPS) is 29.2. The number of anilines is 1. The molecule has 0 aromatic carbocycles. The smallest absolute Gasteiger partial charge is 0.209 e. The standard InChI is InChI=1S/C20H19N7O3/c1-10(28)20-8-12(20)15(16(29)17(20)30)27-9-22-14-18(21-2)24-13(25-19(14)27)6-5-11-4-3-7-23-26-11/h3-4,7,9,12,15-17,29-30H,8H2,1-2H3,(H,21,24,25)/t12?,15-,16+,17?,20+/m1/s1. The molecule has 10 nitrogen and oxygen atoms in total. The topological polar surface area (TPSA) is 139 Å². The fraction of sp³-hybridized carbons (Fsp3) is 0.400. The summed E-state index contributed by atoms with van der Waals surface area (Å²) in [6, 6.07) is 2.96. The maximum Gasteiger partial charge on any atom is 0.209 e. The average molecular weight is 405 g/mol. The first kappa shape index (κ1) is 18.6. The van der Waals surface area contributed by atoms with Gasteiger partial charge in [-0.3, -0.25) is 4.79 Å². The van der Waals surface area contributed by atoms with E-state index in [4.69, 9.17) is 0 Å². The molecule has 2 saturated carbocycles. The summed E-state index contributed by atoms with van der Waals surface area (Å²) in [7, 11) is 1.72. The maximum absolute atomic E-state index is 12.2. The van der Waals surface area contributed by atoms with Gasteiger partial charge in [-0.25, -0.2) is 15.0 Å². The van der Waals surface area contributed by atoms with Crippen LogP contribution in [0.25, 0.3) is 11.2 Å². The van der Waals surface area contributed by atoms with Gasteiger partial charge in [0.25, 0.3) is 0 Å². The second-order valence-electron chi connectivity index (χ2n) is 7.66. The first-order valence-corrected chi connectivity index (χ1v) is 9.56. The SMILES string of the molecule is CNc1nc(C#Cc2cccnn2)nc2c1ncn2[C@@H]1C2C[C@@]2(C(C)=O)C(O)[C@H]1O. The Kier molecular flexibility index (Phi) is 4.06. The van der Waals surface area contributed by atoms with E-state index in [9.17, 15) is 15.0 Å². The molecule has 3 aromatic rings. The molecule has 5 atom stereocenters. The van der Waals surface area contributed by atoms with Crippen LogP contribution in [0.2, 0.25) is 0 Å². The molecule has 0 saturated heterocycles. The van der Waals surface area contributed by atoms with E-state index < -0.39 is 23.7 Å². The van der Waals surface area contributed by atoms with Gasteiger partial charge in [-0.05, 0) is 43.2 Å². The summed E-state index contributed by atoms with van der Waals surface area (Å²) in [5.41, 5.74) is 0.596. The lowest BCUT2D eigenvalue weighted by molar-refractivity contribution is -0.128. The molecule has 0 amide bonds. The Labute approximate surface area is 171 Å². The lowest BCUT2D eigenvalue weighted by Crippen LogP contribution is -2.36. The fourth-order valence-corrected chi connectivity index (χ4v) is 4.62. The first-order valence-electron chi connectivity index (χ1n) is 9.56. The molecule has 2 aliphatic rings. The van der Waals surface area contributed by atoms with Crippen LogP contribution in [0.1, 0.15) is 30.9 Å². The van der Waals surface area contributed by atoms with Crippen molar-refractivity contribution in [2.75, 3.05) is 12.4 Å². The van der Waals surface area contributed by atoms with Crippen LogP contribution in [0.4, 0.5) is 5.82 Å². The third-order valence-corrected chi connectivity index (χ3v) is 6.18. The fourth-order valence-electron chi connectivity index (χ4n) is 4.62. The number of Topliss-reactive ketones (excluding diaryl/α,β-unsaturated/α-hetero) is 1. The monoisotopic (exact) mass is 405 g/mol. The molecule has 10 heteroatoms. The van der Waals surface area contributed by atoms with Crippen LogP contribution in [0, 0.1) is 23.2 Å². The number of hydrogen-bond donors (Lipinski definition) is 3. The quantitative estimate of drug-likeness (QED) is 0.511. The molecule has 3 aromatic heterocycles. The molecule has 152 valence electrons. The third kappa shape index (κ3) is 2.52. The van der Waals surface area contributed by atoms with E-state index in [1.165, 1.54) is 6.92 Å². The molecule has 2 aliphatic carbocycles. The van der Waals surface area contributed by atoms with E-state index in [2.05, 4.69) is 42.3 Å². The van der Waals surface area contributed by atoms with Crippen LogP contribution in [-0.2, 0) is 4.79 Å². The number of aromatic nitrogens is 6. The number of aliphatic hydroxyl groups excluding tert-OH is 2. The van der Waals surface area contributed by atoms with Crippen molar-refractivity contribution in [3.05, 3.63) is 36.2 Å². The van der Waals surface area contributed by atoms with Gasteiger partial charge in [0.15, 0.2) is 17.0 Å².